The van der Waals surface area contributed by atoms with Crippen LogP contribution in [0.1, 0.15) is 31.9 Å². The minimum Gasteiger partial charge on any atom is -0.396 e. The summed E-state index contributed by atoms with van der Waals surface area (Å²) in [5.41, 5.74) is 1.06. The lowest BCUT2D eigenvalue weighted by atomic mass is 10.1. The van der Waals surface area contributed by atoms with Crippen molar-refractivity contribution in [2.75, 3.05) is 6.61 Å². The van der Waals surface area contributed by atoms with Gasteiger partial charge in [-0.2, -0.15) is 0 Å². The maximum Gasteiger partial charge on any atom is 0.0445 e. The molecule has 0 saturated heterocycles. The Balaban J connectivity index is 2.68. The molecule has 0 amide bonds. The summed E-state index contributed by atoms with van der Waals surface area (Å²) in [5.74, 6) is 0. The van der Waals surface area contributed by atoms with E-state index >= 15 is 0 Å². The molecule has 1 aromatic carbocycles. The van der Waals surface area contributed by atoms with Gasteiger partial charge < -0.3 is 10.4 Å². The fourth-order valence-corrected chi connectivity index (χ4v) is 2.17. The number of nitrogens with one attached hydrogen (secondary N) is 1. The number of aliphatic hydroxyl groups excluding tert-OH is 1. The first-order valence-corrected chi connectivity index (χ1v) is 6.11. The van der Waals surface area contributed by atoms with Crippen LogP contribution in [0.2, 0.25) is 10.0 Å². The lowest BCUT2D eigenvalue weighted by molar-refractivity contribution is 0.264. The third-order valence-electron chi connectivity index (χ3n) is 2.48. The van der Waals surface area contributed by atoms with Gasteiger partial charge in [-0.05, 0) is 44.0 Å². The predicted octanol–water partition coefficient (Wildman–Crippen LogP) is 3.41. The van der Waals surface area contributed by atoms with Crippen LogP contribution in [0, 0.1) is 0 Å². The van der Waals surface area contributed by atoms with Crippen molar-refractivity contribution in [2.45, 2.75) is 32.4 Å². The van der Waals surface area contributed by atoms with Crippen LogP contribution in [-0.4, -0.2) is 17.8 Å². The van der Waals surface area contributed by atoms with E-state index < -0.39 is 0 Å². The van der Waals surface area contributed by atoms with Gasteiger partial charge in [0.2, 0.25) is 0 Å². The summed E-state index contributed by atoms with van der Waals surface area (Å²) in [5, 5.41) is 13.5. The lowest BCUT2D eigenvalue weighted by Gasteiger charge is -2.20. The van der Waals surface area contributed by atoms with Gasteiger partial charge in [-0.25, -0.2) is 0 Å². The van der Waals surface area contributed by atoms with E-state index in [0.29, 0.717) is 10.0 Å². The molecule has 2 nitrogen and oxygen atoms in total. The SMILES string of the molecule is CC(CCO)NC(C)c1cc(Cl)cc(Cl)c1. The van der Waals surface area contributed by atoms with Gasteiger partial charge in [0, 0.05) is 28.7 Å². The van der Waals surface area contributed by atoms with Gasteiger partial charge >= 0.3 is 0 Å². The smallest absolute Gasteiger partial charge is 0.0445 e. The van der Waals surface area contributed by atoms with Crippen molar-refractivity contribution in [1.29, 1.82) is 0 Å². The highest BCUT2D eigenvalue weighted by molar-refractivity contribution is 6.34. The Morgan fingerprint density at radius 2 is 1.75 bits per heavy atom. The monoisotopic (exact) mass is 261 g/mol. The van der Waals surface area contributed by atoms with E-state index in [0.717, 1.165) is 12.0 Å². The number of hydrogen-bond donors (Lipinski definition) is 2. The highest BCUT2D eigenvalue weighted by Gasteiger charge is 2.10. The van der Waals surface area contributed by atoms with Crippen LogP contribution < -0.4 is 5.32 Å². The van der Waals surface area contributed by atoms with Gasteiger partial charge in [-0.1, -0.05) is 23.2 Å². The van der Waals surface area contributed by atoms with Crippen molar-refractivity contribution >= 4 is 23.2 Å². The van der Waals surface area contributed by atoms with E-state index in [1.807, 2.05) is 19.1 Å². The minimum atomic E-state index is 0.165. The molecule has 90 valence electrons. The fraction of sp³-hybridized carbons (Fsp3) is 0.500. The molecule has 0 saturated carbocycles. The minimum absolute atomic E-state index is 0.165. The van der Waals surface area contributed by atoms with Crippen LogP contribution in [0.15, 0.2) is 18.2 Å². The van der Waals surface area contributed by atoms with E-state index in [1.54, 1.807) is 6.07 Å². The van der Waals surface area contributed by atoms with Crippen LogP contribution in [0.3, 0.4) is 0 Å². The van der Waals surface area contributed by atoms with Crippen LogP contribution in [0.5, 0.6) is 0 Å². The molecule has 0 aliphatic rings. The van der Waals surface area contributed by atoms with Gasteiger partial charge in [0.1, 0.15) is 0 Å². The second-order valence-electron chi connectivity index (χ2n) is 4.00. The van der Waals surface area contributed by atoms with Crippen LogP contribution in [0.4, 0.5) is 0 Å². The molecule has 0 aliphatic heterocycles. The Morgan fingerprint density at radius 1 is 1.19 bits per heavy atom. The first-order valence-electron chi connectivity index (χ1n) is 5.36. The molecule has 0 aromatic heterocycles. The third-order valence-corrected chi connectivity index (χ3v) is 2.92. The summed E-state index contributed by atoms with van der Waals surface area (Å²) in [6.45, 7) is 4.28. The second kappa shape index (κ2) is 6.45. The van der Waals surface area contributed by atoms with Crippen LogP contribution in [-0.2, 0) is 0 Å². The zero-order chi connectivity index (χ0) is 12.1. The number of aliphatic hydroxyl groups is 1. The molecule has 1 rings (SSSR count). The largest absolute Gasteiger partial charge is 0.396 e. The molecule has 2 unspecified atom stereocenters. The molecule has 0 radical (unpaired) electrons. The Morgan fingerprint density at radius 3 is 2.25 bits per heavy atom. The van der Waals surface area contributed by atoms with Crippen molar-refractivity contribution in [3.8, 4) is 0 Å². The Labute approximate surface area is 107 Å². The van der Waals surface area contributed by atoms with Gasteiger partial charge in [0.25, 0.3) is 0 Å². The number of hydrogen-bond acceptors (Lipinski definition) is 2. The Kier molecular flexibility index (Phi) is 5.56. The van der Waals surface area contributed by atoms with Crippen LogP contribution in [0.25, 0.3) is 0 Å². The highest BCUT2D eigenvalue weighted by Crippen LogP contribution is 2.23. The molecule has 0 spiro atoms. The summed E-state index contributed by atoms with van der Waals surface area (Å²) in [6.07, 6.45) is 0.735. The summed E-state index contributed by atoms with van der Waals surface area (Å²) in [6, 6.07) is 5.94. The normalized spacial score (nSPS) is 14.8. The average Bonchev–Trinajstić information content (AvgIpc) is 2.16. The van der Waals surface area contributed by atoms with Crippen molar-refractivity contribution < 1.29 is 5.11 Å². The standard InChI is InChI=1S/C12H17Cl2NO/c1-8(3-4-16)15-9(2)10-5-11(13)7-12(14)6-10/h5-9,15-16H,3-4H2,1-2H3. The Bertz CT molecular complexity index is 324. The Hall–Kier alpha value is -0.280. The zero-order valence-corrected chi connectivity index (χ0v) is 11.0. The van der Waals surface area contributed by atoms with Crippen LogP contribution >= 0.6 is 23.2 Å². The zero-order valence-electron chi connectivity index (χ0n) is 9.50. The molecule has 1 aromatic rings. The molecule has 2 N–H and O–H groups in total. The fourth-order valence-electron chi connectivity index (χ4n) is 1.63. The third kappa shape index (κ3) is 4.30. The first-order chi connectivity index (χ1) is 7.52. The number of halogens is 2. The second-order valence-corrected chi connectivity index (χ2v) is 4.88. The van der Waals surface area contributed by atoms with E-state index in [2.05, 4.69) is 12.2 Å². The van der Waals surface area contributed by atoms with E-state index in [1.165, 1.54) is 0 Å². The summed E-state index contributed by atoms with van der Waals surface area (Å²) in [4.78, 5) is 0. The maximum absolute atomic E-state index is 8.83. The average molecular weight is 262 g/mol. The number of rotatable bonds is 5. The van der Waals surface area contributed by atoms with Gasteiger partial charge in [-0.3, -0.25) is 0 Å². The molecule has 2 atom stereocenters. The van der Waals surface area contributed by atoms with Crippen molar-refractivity contribution in [1.82, 2.24) is 5.32 Å². The van der Waals surface area contributed by atoms with Gasteiger partial charge in [-0.15, -0.1) is 0 Å². The molecule has 0 heterocycles. The molecule has 4 heteroatoms. The summed E-state index contributed by atoms with van der Waals surface area (Å²) in [7, 11) is 0. The van der Waals surface area contributed by atoms with Crippen molar-refractivity contribution in [3.63, 3.8) is 0 Å². The van der Waals surface area contributed by atoms with E-state index in [4.69, 9.17) is 28.3 Å². The van der Waals surface area contributed by atoms with Crippen molar-refractivity contribution in [2.24, 2.45) is 0 Å². The van der Waals surface area contributed by atoms with Gasteiger partial charge in [0.15, 0.2) is 0 Å². The lowest BCUT2D eigenvalue weighted by Crippen LogP contribution is -2.29. The highest BCUT2D eigenvalue weighted by atomic mass is 35.5. The predicted molar refractivity (Wildman–Crippen MR) is 69.2 cm³/mol. The van der Waals surface area contributed by atoms with Gasteiger partial charge in [0.05, 0.1) is 0 Å². The summed E-state index contributed by atoms with van der Waals surface area (Å²) < 4.78 is 0. The quantitative estimate of drug-likeness (QED) is 0.852. The molecular formula is C12H17Cl2NO. The van der Waals surface area contributed by atoms with Crippen molar-refractivity contribution in [3.05, 3.63) is 33.8 Å². The van der Waals surface area contributed by atoms with E-state index in [9.17, 15) is 0 Å². The molecular weight excluding hydrogens is 245 g/mol. The summed E-state index contributed by atoms with van der Waals surface area (Å²) >= 11 is 11.9. The topological polar surface area (TPSA) is 32.3 Å². The molecule has 0 fully saturated rings. The molecule has 0 bridgehead atoms. The number of benzene rings is 1. The van der Waals surface area contributed by atoms with E-state index in [-0.39, 0.29) is 18.7 Å². The molecule has 0 aliphatic carbocycles. The first kappa shape index (κ1) is 13.8. The molecule has 16 heavy (non-hydrogen) atoms. The maximum atomic E-state index is 8.83.